The van der Waals surface area contributed by atoms with E-state index in [-0.39, 0.29) is 46.1 Å². The molecule has 1 atom stereocenters. The monoisotopic (exact) mass is 566 g/mol. The summed E-state index contributed by atoms with van der Waals surface area (Å²) < 4.78 is 16.2. The van der Waals surface area contributed by atoms with Crippen molar-refractivity contribution in [3.63, 3.8) is 0 Å². The average molecular weight is 567 g/mol. The molecule has 0 saturated carbocycles. The summed E-state index contributed by atoms with van der Waals surface area (Å²) in [5.41, 5.74) is 1.52. The van der Waals surface area contributed by atoms with E-state index >= 15 is 0 Å². The molecule has 1 unspecified atom stereocenters. The summed E-state index contributed by atoms with van der Waals surface area (Å²) in [6.07, 6.45) is 0. The minimum atomic E-state index is -1.13. The zero-order valence-electron chi connectivity index (χ0n) is 22.8. The van der Waals surface area contributed by atoms with Gasteiger partial charge >= 0.3 is 11.9 Å². The van der Waals surface area contributed by atoms with E-state index in [2.05, 4.69) is 4.98 Å². The van der Waals surface area contributed by atoms with Crippen molar-refractivity contribution in [3.05, 3.63) is 69.2 Å². The standard InChI is InChI=1S/C29H30N2O8S/c1-6-37-18-10-11-19(15(4)13-18)24(33)22-23(17-9-12-20(32)21(14-17)38-7-2)31(27(35)25(22)34)29-30-16(5)26(40-29)28(36)39-8-3/h9-14,23,32-33H,6-8H2,1-5H3/b24-22-. The topological polar surface area (TPSA) is 135 Å². The Bertz CT molecular complexity index is 1510. The van der Waals surface area contributed by atoms with Gasteiger partial charge in [0, 0.05) is 5.56 Å². The zero-order chi connectivity index (χ0) is 29.1. The first kappa shape index (κ1) is 28.6. The van der Waals surface area contributed by atoms with E-state index in [0.717, 1.165) is 16.2 Å². The first-order valence-corrected chi connectivity index (χ1v) is 13.6. The number of esters is 1. The maximum atomic E-state index is 13.5. The Morgan fingerprint density at radius 1 is 1.02 bits per heavy atom. The van der Waals surface area contributed by atoms with Gasteiger partial charge in [-0.15, -0.1) is 0 Å². The van der Waals surface area contributed by atoms with Crippen LogP contribution in [0.4, 0.5) is 5.13 Å². The van der Waals surface area contributed by atoms with Crippen molar-refractivity contribution in [2.24, 2.45) is 0 Å². The Kier molecular flexibility index (Phi) is 8.43. The van der Waals surface area contributed by atoms with Gasteiger partial charge in [0.15, 0.2) is 16.6 Å². The summed E-state index contributed by atoms with van der Waals surface area (Å²) in [4.78, 5) is 45.3. The van der Waals surface area contributed by atoms with Crippen molar-refractivity contribution in [3.8, 4) is 17.2 Å². The predicted octanol–water partition coefficient (Wildman–Crippen LogP) is 5.07. The molecule has 3 aromatic rings. The minimum absolute atomic E-state index is 0.0844. The zero-order valence-corrected chi connectivity index (χ0v) is 23.6. The van der Waals surface area contributed by atoms with Gasteiger partial charge in [-0.25, -0.2) is 9.78 Å². The van der Waals surface area contributed by atoms with E-state index < -0.39 is 23.7 Å². The largest absolute Gasteiger partial charge is 0.507 e. The fourth-order valence-electron chi connectivity index (χ4n) is 4.49. The number of ketones is 1. The van der Waals surface area contributed by atoms with Crippen LogP contribution in [0.3, 0.4) is 0 Å². The highest BCUT2D eigenvalue weighted by Gasteiger charge is 2.48. The number of amides is 1. The molecule has 1 fully saturated rings. The van der Waals surface area contributed by atoms with Crippen LogP contribution in [0.5, 0.6) is 17.2 Å². The van der Waals surface area contributed by atoms with E-state index in [1.54, 1.807) is 45.9 Å². The first-order chi connectivity index (χ1) is 19.1. The number of carbonyl (C=O) groups is 3. The number of benzene rings is 2. The van der Waals surface area contributed by atoms with Crippen molar-refractivity contribution in [1.82, 2.24) is 4.98 Å². The number of ether oxygens (including phenoxy) is 3. The van der Waals surface area contributed by atoms with E-state index in [1.807, 2.05) is 6.92 Å². The molecule has 2 aromatic carbocycles. The van der Waals surface area contributed by atoms with Gasteiger partial charge in [0.1, 0.15) is 16.4 Å². The molecular formula is C29H30N2O8S. The van der Waals surface area contributed by atoms with Gasteiger partial charge in [0.05, 0.1) is 37.1 Å². The molecule has 1 aliphatic heterocycles. The van der Waals surface area contributed by atoms with Gasteiger partial charge in [-0.05, 0) is 76.1 Å². The number of hydrogen-bond donors (Lipinski definition) is 2. The summed E-state index contributed by atoms with van der Waals surface area (Å²) in [6.45, 7) is 9.52. The Morgan fingerprint density at radius 3 is 2.40 bits per heavy atom. The molecule has 4 rings (SSSR count). The third kappa shape index (κ3) is 5.24. The number of Topliss-reactive ketones (excluding diaryl/α,β-unsaturated/α-hetero) is 1. The SMILES string of the molecule is CCOC(=O)c1sc(N2C(=O)C(=O)/C(=C(\O)c3ccc(OCC)cc3C)C2c2ccc(O)c(OCC)c2)nc1C. The summed E-state index contributed by atoms with van der Waals surface area (Å²) in [6, 6.07) is 8.31. The quantitative estimate of drug-likeness (QED) is 0.158. The second-order valence-electron chi connectivity index (χ2n) is 8.87. The fraction of sp³-hybridized carbons (Fsp3) is 0.310. The molecule has 1 aromatic heterocycles. The Hall–Kier alpha value is -4.38. The van der Waals surface area contributed by atoms with Crippen molar-refractivity contribution >= 4 is 39.9 Å². The van der Waals surface area contributed by atoms with Crippen LogP contribution in [0, 0.1) is 13.8 Å². The van der Waals surface area contributed by atoms with Crippen LogP contribution >= 0.6 is 11.3 Å². The lowest BCUT2D eigenvalue weighted by atomic mass is 9.93. The number of aromatic nitrogens is 1. The Labute approximate surface area is 235 Å². The second kappa shape index (κ2) is 11.8. The molecule has 1 aliphatic rings. The lowest BCUT2D eigenvalue weighted by molar-refractivity contribution is -0.132. The molecule has 11 heteroatoms. The smallest absolute Gasteiger partial charge is 0.350 e. The van der Waals surface area contributed by atoms with Crippen LogP contribution in [-0.4, -0.2) is 52.7 Å². The molecule has 2 heterocycles. The molecule has 2 N–H and O–H groups in total. The summed E-state index contributed by atoms with van der Waals surface area (Å²) in [7, 11) is 0. The van der Waals surface area contributed by atoms with Gasteiger partial charge in [-0.2, -0.15) is 0 Å². The van der Waals surface area contributed by atoms with E-state index in [4.69, 9.17) is 14.2 Å². The van der Waals surface area contributed by atoms with Crippen LogP contribution in [0.25, 0.3) is 5.76 Å². The molecule has 0 spiro atoms. The van der Waals surface area contributed by atoms with Crippen LogP contribution in [-0.2, 0) is 14.3 Å². The summed E-state index contributed by atoms with van der Waals surface area (Å²) in [5.74, 6) is -2.21. The van der Waals surface area contributed by atoms with Crippen molar-refractivity contribution in [2.45, 2.75) is 40.7 Å². The van der Waals surface area contributed by atoms with E-state index in [9.17, 15) is 24.6 Å². The molecular weight excluding hydrogens is 536 g/mol. The van der Waals surface area contributed by atoms with E-state index in [1.165, 1.54) is 18.2 Å². The second-order valence-corrected chi connectivity index (χ2v) is 9.85. The van der Waals surface area contributed by atoms with Gasteiger partial charge in [-0.3, -0.25) is 14.5 Å². The number of aliphatic hydroxyl groups excluding tert-OH is 1. The summed E-state index contributed by atoms with van der Waals surface area (Å²) >= 11 is 0.913. The third-order valence-electron chi connectivity index (χ3n) is 6.26. The normalized spacial score (nSPS) is 16.3. The predicted molar refractivity (Wildman–Crippen MR) is 149 cm³/mol. The van der Waals surface area contributed by atoms with Crippen LogP contribution in [0.1, 0.15) is 58.9 Å². The number of aryl methyl sites for hydroxylation is 2. The average Bonchev–Trinajstić information content (AvgIpc) is 3.42. The van der Waals surface area contributed by atoms with Crippen molar-refractivity contribution < 1.29 is 38.8 Å². The lowest BCUT2D eigenvalue weighted by Crippen LogP contribution is -2.29. The molecule has 40 heavy (non-hydrogen) atoms. The maximum absolute atomic E-state index is 13.5. The Morgan fingerprint density at radius 2 is 1.75 bits per heavy atom. The first-order valence-electron chi connectivity index (χ1n) is 12.8. The number of anilines is 1. The number of aliphatic hydroxyl groups is 1. The van der Waals surface area contributed by atoms with Crippen LogP contribution < -0.4 is 14.4 Å². The molecule has 0 bridgehead atoms. The van der Waals surface area contributed by atoms with Crippen molar-refractivity contribution in [2.75, 3.05) is 24.7 Å². The number of nitrogens with zero attached hydrogens (tertiary/aromatic N) is 2. The van der Waals surface area contributed by atoms with Gasteiger partial charge in [0.25, 0.3) is 5.78 Å². The molecule has 0 aliphatic carbocycles. The molecule has 10 nitrogen and oxygen atoms in total. The third-order valence-corrected chi connectivity index (χ3v) is 7.40. The van der Waals surface area contributed by atoms with Gasteiger partial charge in [-0.1, -0.05) is 17.4 Å². The number of phenolic OH excluding ortho intramolecular Hbond substituents is 1. The van der Waals surface area contributed by atoms with E-state index in [0.29, 0.717) is 34.7 Å². The fourth-order valence-corrected chi connectivity index (χ4v) is 5.48. The highest BCUT2D eigenvalue weighted by atomic mass is 32.1. The molecule has 1 saturated heterocycles. The minimum Gasteiger partial charge on any atom is -0.507 e. The number of rotatable bonds is 9. The maximum Gasteiger partial charge on any atom is 0.350 e. The van der Waals surface area contributed by atoms with Crippen LogP contribution in [0.15, 0.2) is 42.0 Å². The molecule has 210 valence electrons. The number of carbonyl (C=O) groups excluding carboxylic acids is 3. The van der Waals surface area contributed by atoms with Gasteiger partial charge in [0.2, 0.25) is 0 Å². The number of hydrogen-bond acceptors (Lipinski definition) is 10. The lowest BCUT2D eigenvalue weighted by Gasteiger charge is -2.24. The number of aromatic hydroxyl groups is 1. The molecule has 1 amide bonds. The highest BCUT2D eigenvalue weighted by Crippen LogP contribution is 2.45. The van der Waals surface area contributed by atoms with Gasteiger partial charge < -0.3 is 24.4 Å². The molecule has 0 radical (unpaired) electrons. The van der Waals surface area contributed by atoms with Crippen molar-refractivity contribution in [1.29, 1.82) is 0 Å². The summed E-state index contributed by atoms with van der Waals surface area (Å²) in [5, 5.41) is 21.9. The van der Waals surface area contributed by atoms with Crippen LogP contribution in [0.2, 0.25) is 0 Å². The number of phenols is 1. The highest BCUT2D eigenvalue weighted by molar-refractivity contribution is 7.17. The Balaban J connectivity index is 1.94. The number of thiazole rings is 1.